The lowest BCUT2D eigenvalue weighted by atomic mass is 10.2. The molecule has 0 spiro atoms. The van der Waals surface area contributed by atoms with Gasteiger partial charge in [-0.15, -0.1) is 10.2 Å². The van der Waals surface area contributed by atoms with E-state index in [-0.39, 0.29) is 11.1 Å². The van der Waals surface area contributed by atoms with Gasteiger partial charge in [0.2, 0.25) is 0 Å². The van der Waals surface area contributed by atoms with Gasteiger partial charge >= 0.3 is 0 Å². The third-order valence-corrected chi connectivity index (χ3v) is 3.66. The molecule has 4 aromatic rings. The van der Waals surface area contributed by atoms with Crippen LogP contribution in [0.1, 0.15) is 5.82 Å². The molecular formula is C17H12N4O. The van der Waals surface area contributed by atoms with Crippen LogP contribution in [-0.2, 0) is 0 Å². The van der Waals surface area contributed by atoms with E-state index in [4.69, 9.17) is 0 Å². The van der Waals surface area contributed by atoms with Crippen LogP contribution < -0.4 is 5.56 Å². The Morgan fingerprint density at radius 3 is 2.41 bits per heavy atom. The Hall–Kier alpha value is -3.08. The van der Waals surface area contributed by atoms with Crippen molar-refractivity contribution >= 4 is 21.9 Å². The molecule has 5 nitrogen and oxygen atoms in total. The lowest BCUT2D eigenvalue weighted by molar-refractivity contribution is 0.885. The summed E-state index contributed by atoms with van der Waals surface area (Å²) >= 11 is 0. The molecule has 0 aliphatic carbocycles. The number of hydrogen-bond acceptors (Lipinski definition) is 4. The number of para-hydroxylation sites is 1. The number of hydrogen-bond donors (Lipinski definition) is 0. The molecule has 0 aliphatic heterocycles. The SMILES string of the molecule is Cc1nc2c(nnc3ccccc32)c(=O)n1-c1ccccc1. The predicted molar refractivity (Wildman–Crippen MR) is 85.2 cm³/mol. The highest BCUT2D eigenvalue weighted by Crippen LogP contribution is 2.19. The van der Waals surface area contributed by atoms with Crippen molar-refractivity contribution in [3.63, 3.8) is 0 Å². The summed E-state index contributed by atoms with van der Waals surface area (Å²) in [5.41, 5.74) is 2.19. The quantitative estimate of drug-likeness (QED) is 0.505. The van der Waals surface area contributed by atoms with E-state index in [0.717, 1.165) is 16.6 Å². The molecule has 0 N–H and O–H groups in total. The average molecular weight is 288 g/mol. The minimum absolute atomic E-state index is 0.202. The van der Waals surface area contributed by atoms with E-state index in [0.29, 0.717) is 11.3 Å². The Labute approximate surface area is 125 Å². The van der Waals surface area contributed by atoms with Gasteiger partial charge in [0.1, 0.15) is 11.3 Å². The summed E-state index contributed by atoms with van der Waals surface area (Å²) in [4.78, 5) is 17.4. The number of aryl methyl sites for hydroxylation is 1. The molecule has 0 saturated heterocycles. The summed E-state index contributed by atoms with van der Waals surface area (Å²) in [5, 5.41) is 9.06. The molecule has 5 heteroatoms. The van der Waals surface area contributed by atoms with Gasteiger partial charge in [-0.2, -0.15) is 0 Å². The first-order chi connectivity index (χ1) is 10.8. The third-order valence-electron chi connectivity index (χ3n) is 3.66. The fourth-order valence-electron chi connectivity index (χ4n) is 2.64. The second kappa shape index (κ2) is 4.73. The van der Waals surface area contributed by atoms with Crippen LogP contribution in [0, 0.1) is 6.92 Å². The molecule has 0 atom stereocenters. The molecule has 106 valence electrons. The van der Waals surface area contributed by atoms with Gasteiger partial charge in [0.25, 0.3) is 5.56 Å². The first kappa shape index (κ1) is 12.6. The van der Waals surface area contributed by atoms with Crippen LogP contribution in [0.4, 0.5) is 0 Å². The van der Waals surface area contributed by atoms with Gasteiger partial charge in [0.05, 0.1) is 11.2 Å². The van der Waals surface area contributed by atoms with E-state index in [1.165, 1.54) is 0 Å². The van der Waals surface area contributed by atoms with Gasteiger partial charge in [0.15, 0.2) is 5.52 Å². The molecule has 0 fully saturated rings. The molecule has 2 heterocycles. The molecule has 2 aromatic carbocycles. The Balaban J connectivity index is 2.15. The predicted octanol–water partition coefficient (Wildman–Crippen LogP) is 2.64. The maximum Gasteiger partial charge on any atom is 0.286 e. The van der Waals surface area contributed by atoms with Crippen LogP contribution in [0.5, 0.6) is 0 Å². The normalized spacial score (nSPS) is 11.1. The molecule has 0 amide bonds. The molecule has 0 saturated carbocycles. The van der Waals surface area contributed by atoms with Gasteiger partial charge in [-0.05, 0) is 25.1 Å². The first-order valence-corrected chi connectivity index (χ1v) is 6.96. The maximum atomic E-state index is 12.8. The summed E-state index contributed by atoms with van der Waals surface area (Å²) < 4.78 is 1.56. The lowest BCUT2D eigenvalue weighted by Gasteiger charge is -2.10. The summed E-state index contributed by atoms with van der Waals surface area (Å²) in [6.45, 7) is 1.82. The molecule has 22 heavy (non-hydrogen) atoms. The highest BCUT2D eigenvalue weighted by molar-refractivity contribution is 6.00. The van der Waals surface area contributed by atoms with Crippen molar-refractivity contribution in [2.24, 2.45) is 0 Å². The summed E-state index contributed by atoms with van der Waals surface area (Å²) in [6, 6.07) is 17.0. The van der Waals surface area contributed by atoms with Crippen molar-refractivity contribution in [3.8, 4) is 5.69 Å². The maximum absolute atomic E-state index is 12.8. The highest BCUT2D eigenvalue weighted by atomic mass is 16.1. The van der Waals surface area contributed by atoms with Crippen molar-refractivity contribution in [2.75, 3.05) is 0 Å². The van der Waals surface area contributed by atoms with E-state index < -0.39 is 0 Å². The minimum atomic E-state index is -0.202. The van der Waals surface area contributed by atoms with Crippen molar-refractivity contribution in [3.05, 3.63) is 70.8 Å². The Bertz CT molecular complexity index is 1050. The summed E-state index contributed by atoms with van der Waals surface area (Å²) in [6.07, 6.45) is 0. The number of rotatable bonds is 1. The third kappa shape index (κ3) is 1.79. The van der Waals surface area contributed by atoms with E-state index >= 15 is 0 Å². The molecule has 0 radical (unpaired) electrons. The zero-order valence-electron chi connectivity index (χ0n) is 11.9. The smallest absolute Gasteiger partial charge is 0.266 e. The Morgan fingerprint density at radius 2 is 1.59 bits per heavy atom. The second-order valence-electron chi connectivity index (χ2n) is 5.05. The standard InChI is InChI=1S/C17H12N4O/c1-11-18-15-13-9-5-6-10-14(13)19-20-16(15)17(22)21(11)12-7-3-2-4-8-12/h2-10H,1H3. The van der Waals surface area contributed by atoms with E-state index in [2.05, 4.69) is 15.2 Å². The Morgan fingerprint density at radius 1 is 0.864 bits per heavy atom. The first-order valence-electron chi connectivity index (χ1n) is 6.96. The van der Waals surface area contributed by atoms with Crippen LogP contribution in [-0.4, -0.2) is 19.7 Å². The molecule has 4 rings (SSSR count). The second-order valence-corrected chi connectivity index (χ2v) is 5.05. The van der Waals surface area contributed by atoms with Gasteiger partial charge < -0.3 is 0 Å². The van der Waals surface area contributed by atoms with Crippen LogP contribution in [0.25, 0.3) is 27.6 Å². The van der Waals surface area contributed by atoms with E-state index in [1.54, 1.807) is 4.57 Å². The average Bonchev–Trinajstić information content (AvgIpc) is 2.56. The topological polar surface area (TPSA) is 60.7 Å². The van der Waals surface area contributed by atoms with Crippen LogP contribution in [0.15, 0.2) is 59.4 Å². The van der Waals surface area contributed by atoms with Gasteiger partial charge in [-0.1, -0.05) is 36.4 Å². The molecule has 0 unspecified atom stereocenters. The van der Waals surface area contributed by atoms with Crippen molar-refractivity contribution in [2.45, 2.75) is 6.92 Å². The van der Waals surface area contributed by atoms with E-state index in [1.807, 2.05) is 61.5 Å². The van der Waals surface area contributed by atoms with Crippen LogP contribution in [0.3, 0.4) is 0 Å². The molecule has 0 bridgehead atoms. The van der Waals surface area contributed by atoms with Gasteiger partial charge in [0, 0.05) is 5.39 Å². The van der Waals surface area contributed by atoms with Crippen LogP contribution in [0.2, 0.25) is 0 Å². The zero-order chi connectivity index (χ0) is 15.1. The van der Waals surface area contributed by atoms with Crippen molar-refractivity contribution < 1.29 is 0 Å². The number of fused-ring (bicyclic) bond motifs is 3. The molecular weight excluding hydrogens is 276 g/mol. The minimum Gasteiger partial charge on any atom is -0.266 e. The van der Waals surface area contributed by atoms with Gasteiger partial charge in [-0.25, -0.2) is 4.98 Å². The zero-order valence-corrected chi connectivity index (χ0v) is 11.9. The highest BCUT2D eigenvalue weighted by Gasteiger charge is 2.13. The summed E-state index contributed by atoms with van der Waals surface area (Å²) in [5.74, 6) is 0.627. The monoisotopic (exact) mass is 288 g/mol. The number of nitrogens with zero attached hydrogens (tertiary/aromatic N) is 4. The largest absolute Gasteiger partial charge is 0.286 e. The van der Waals surface area contributed by atoms with E-state index in [9.17, 15) is 4.79 Å². The fraction of sp³-hybridized carbons (Fsp3) is 0.0588. The van der Waals surface area contributed by atoms with Crippen molar-refractivity contribution in [1.82, 2.24) is 19.7 Å². The molecule has 0 aliphatic rings. The lowest BCUT2D eigenvalue weighted by Crippen LogP contribution is -2.23. The summed E-state index contributed by atoms with van der Waals surface area (Å²) in [7, 11) is 0. The van der Waals surface area contributed by atoms with Crippen molar-refractivity contribution in [1.29, 1.82) is 0 Å². The number of aromatic nitrogens is 4. The molecule has 2 aromatic heterocycles. The Kier molecular flexibility index (Phi) is 2.72. The van der Waals surface area contributed by atoms with Gasteiger partial charge in [-0.3, -0.25) is 9.36 Å². The van der Waals surface area contributed by atoms with Crippen LogP contribution >= 0.6 is 0 Å². The number of benzene rings is 2. The fourth-order valence-corrected chi connectivity index (χ4v) is 2.64.